The number of aryl methyl sites for hydroxylation is 1. The van der Waals surface area contributed by atoms with Crippen molar-refractivity contribution in [2.45, 2.75) is 82.0 Å². The van der Waals surface area contributed by atoms with Crippen LogP contribution in [0.1, 0.15) is 63.4 Å². The molecular formula is C19H27NO. The number of rotatable bonds is 2. The SMILES string of the molecule is c1ccc2c(c1)CCC(CC1CCC3(CCCCC3)O1)N2. The molecule has 2 heteroatoms. The highest BCUT2D eigenvalue weighted by molar-refractivity contribution is 5.53. The molecule has 1 saturated heterocycles. The normalized spacial score (nSPS) is 30.9. The van der Waals surface area contributed by atoms with Crippen LogP contribution in [-0.2, 0) is 11.2 Å². The molecule has 2 fully saturated rings. The summed E-state index contributed by atoms with van der Waals surface area (Å²) in [6.45, 7) is 0. The molecule has 0 amide bonds. The molecule has 0 bridgehead atoms. The Morgan fingerprint density at radius 1 is 1.05 bits per heavy atom. The van der Waals surface area contributed by atoms with Gasteiger partial charge in [-0.15, -0.1) is 0 Å². The second-order valence-corrected chi connectivity index (χ2v) is 7.29. The summed E-state index contributed by atoms with van der Waals surface area (Å²) < 4.78 is 6.54. The van der Waals surface area contributed by atoms with E-state index in [0.717, 1.165) is 0 Å². The first-order chi connectivity index (χ1) is 10.3. The maximum Gasteiger partial charge on any atom is 0.0687 e. The van der Waals surface area contributed by atoms with Gasteiger partial charge in [-0.2, -0.15) is 0 Å². The number of ether oxygens (including phenoxy) is 1. The molecule has 4 rings (SSSR count). The van der Waals surface area contributed by atoms with Crippen LogP contribution in [0.25, 0.3) is 0 Å². The summed E-state index contributed by atoms with van der Waals surface area (Å²) in [7, 11) is 0. The van der Waals surface area contributed by atoms with Gasteiger partial charge in [0.1, 0.15) is 0 Å². The van der Waals surface area contributed by atoms with Crippen molar-refractivity contribution in [3.8, 4) is 0 Å². The van der Waals surface area contributed by atoms with Crippen molar-refractivity contribution in [1.82, 2.24) is 0 Å². The van der Waals surface area contributed by atoms with E-state index in [1.165, 1.54) is 75.5 Å². The second kappa shape index (κ2) is 5.64. The molecular weight excluding hydrogens is 258 g/mol. The van der Waals surface area contributed by atoms with Crippen molar-refractivity contribution >= 4 is 5.69 Å². The maximum atomic E-state index is 6.54. The number of para-hydroxylation sites is 1. The Morgan fingerprint density at radius 3 is 2.81 bits per heavy atom. The molecule has 1 aromatic rings. The average molecular weight is 285 g/mol. The fraction of sp³-hybridized carbons (Fsp3) is 0.684. The third-order valence-corrected chi connectivity index (χ3v) is 5.79. The third-order valence-electron chi connectivity index (χ3n) is 5.79. The lowest BCUT2D eigenvalue weighted by atomic mass is 9.83. The number of fused-ring (bicyclic) bond motifs is 1. The molecule has 114 valence electrons. The fourth-order valence-electron chi connectivity index (χ4n) is 4.62. The minimum atomic E-state index is 0.273. The van der Waals surface area contributed by atoms with Gasteiger partial charge in [0.25, 0.3) is 0 Å². The largest absolute Gasteiger partial charge is 0.382 e. The zero-order valence-corrected chi connectivity index (χ0v) is 12.9. The minimum absolute atomic E-state index is 0.273. The van der Waals surface area contributed by atoms with Crippen LogP contribution in [-0.4, -0.2) is 17.7 Å². The highest BCUT2D eigenvalue weighted by Gasteiger charge is 2.41. The molecule has 0 aromatic heterocycles. The molecule has 2 atom stereocenters. The van der Waals surface area contributed by atoms with E-state index >= 15 is 0 Å². The molecule has 3 aliphatic rings. The number of hydrogen-bond donors (Lipinski definition) is 1. The fourth-order valence-corrected chi connectivity index (χ4v) is 4.62. The van der Waals surface area contributed by atoms with Crippen LogP contribution >= 0.6 is 0 Å². The second-order valence-electron chi connectivity index (χ2n) is 7.29. The van der Waals surface area contributed by atoms with Crippen LogP contribution in [0.2, 0.25) is 0 Å². The van der Waals surface area contributed by atoms with Crippen molar-refractivity contribution in [2.24, 2.45) is 0 Å². The zero-order chi connectivity index (χ0) is 14.1. The highest BCUT2D eigenvalue weighted by atomic mass is 16.5. The van der Waals surface area contributed by atoms with E-state index in [-0.39, 0.29) is 5.60 Å². The predicted molar refractivity (Wildman–Crippen MR) is 86.7 cm³/mol. The summed E-state index contributed by atoms with van der Waals surface area (Å²) in [6.07, 6.45) is 13.5. The Balaban J connectivity index is 1.35. The summed E-state index contributed by atoms with van der Waals surface area (Å²) in [5.74, 6) is 0. The van der Waals surface area contributed by atoms with Gasteiger partial charge in [-0.05, 0) is 56.6 Å². The van der Waals surface area contributed by atoms with E-state index < -0.39 is 0 Å². The van der Waals surface area contributed by atoms with Gasteiger partial charge in [-0.1, -0.05) is 37.5 Å². The van der Waals surface area contributed by atoms with Crippen molar-refractivity contribution in [1.29, 1.82) is 0 Å². The Kier molecular flexibility index (Phi) is 3.66. The van der Waals surface area contributed by atoms with Gasteiger partial charge >= 0.3 is 0 Å². The minimum Gasteiger partial charge on any atom is -0.382 e. The van der Waals surface area contributed by atoms with Gasteiger partial charge in [0.2, 0.25) is 0 Å². The lowest BCUT2D eigenvalue weighted by Crippen LogP contribution is -2.34. The Morgan fingerprint density at radius 2 is 1.90 bits per heavy atom. The smallest absolute Gasteiger partial charge is 0.0687 e. The molecule has 2 unspecified atom stereocenters. The quantitative estimate of drug-likeness (QED) is 0.851. The number of nitrogens with one attached hydrogen (secondary N) is 1. The summed E-state index contributed by atoms with van der Waals surface area (Å²) in [6, 6.07) is 9.36. The number of hydrogen-bond acceptors (Lipinski definition) is 2. The van der Waals surface area contributed by atoms with E-state index in [1.807, 2.05) is 0 Å². The van der Waals surface area contributed by atoms with Crippen molar-refractivity contribution in [2.75, 3.05) is 5.32 Å². The first-order valence-electron chi connectivity index (χ1n) is 8.85. The molecule has 2 heterocycles. The van der Waals surface area contributed by atoms with Crippen LogP contribution in [0.5, 0.6) is 0 Å². The first-order valence-corrected chi connectivity index (χ1v) is 8.85. The predicted octanol–water partition coefficient (Wildman–Crippen LogP) is 4.69. The summed E-state index contributed by atoms with van der Waals surface area (Å²) in [4.78, 5) is 0. The molecule has 1 saturated carbocycles. The molecule has 21 heavy (non-hydrogen) atoms. The van der Waals surface area contributed by atoms with Crippen LogP contribution in [0.4, 0.5) is 5.69 Å². The van der Waals surface area contributed by atoms with E-state index in [0.29, 0.717) is 12.1 Å². The summed E-state index contributed by atoms with van der Waals surface area (Å²) in [5, 5.41) is 3.74. The van der Waals surface area contributed by atoms with Gasteiger partial charge in [0.05, 0.1) is 11.7 Å². The summed E-state index contributed by atoms with van der Waals surface area (Å²) >= 11 is 0. The standard InChI is InChI=1S/C19H27NO/c1-4-11-19(12-5-1)13-10-17(21-19)14-16-9-8-15-6-2-3-7-18(15)20-16/h2-3,6-7,16-17,20H,1,4-5,8-14H2. The van der Waals surface area contributed by atoms with Crippen LogP contribution < -0.4 is 5.32 Å². The van der Waals surface area contributed by atoms with E-state index in [9.17, 15) is 0 Å². The maximum absolute atomic E-state index is 6.54. The zero-order valence-electron chi connectivity index (χ0n) is 12.9. The van der Waals surface area contributed by atoms with Crippen molar-refractivity contribution in [3.63, 3.8) is 0 Å². The Labute approximate surface area is 128 Å². The van der Waals surface area contributed by atoms with E-state index in [4.69, 9.17) is 4.74 Å². The molecule has 0 radical (unpaired) electrons. The van der Waals surface area contributed by atoms with Gasteiger partial charge < -0.3 is 10.1 Å². The Hall–Kier alpha value is -1.02. The first kappa shape index (κ1) is 13.6. The number of benzene rings is 1. The third kappa shape index (κ3) is 2.83. The highest BCUT2D eigenvalue weighted by Crippen LogP contribution is 2.43. The topological polar surface area (TPSA) is 21.3 Å². The van der Waals surface area contributed by atoms with Crippen LogP contribution in [0.15, 0.2) is 24.3 Å². The van der Waals surface area contributed by atoms with E-state index in [2.05, 4.69) is 29.6 Å². The number of anilines is 1. The molecule has 1 aliphatic carbocycles. The molecule has 2 aliphatic heterocycles. The lowest BCUT2D eigenvalue weighted by Gasteiger charge is -2.34. The van der Waals surface area contributed by atoms with Gasteiger partial charge in [0, 0.05) is 11.7 Å². The van der Waals surface area contributed by atoms with Crippen LogP contribution in [0, 0.1) is 0 Å². The van der Waals surface area contributed by atoms with Crippen molar-refractivity contribution < 1.29 is 4.74 Å². The molecule has 1 N–H and O–H groups in total. The Bertz CT molecular complexity index is 492. The summed E-state index contributed by atoms with van der Waals surface area (Å²) in [5.41, 5.74) is 3.10. The molecule has 2 nitrogen and oxygen atoms in total. The van der Waals surface area contributed by atoms with Gasteiger partial charge in [-0.25, -0.2) is 0 Å². The monoisotopic (exact) mass is 285 g/mol. The van der Waals surface area contributed by atoms with Crippen molar-refractivity contribution in [3.05, 3.63) is 29.8 Å². The molecule has 1 spiro atoms. The van der Waals surface area contributed by atoms with Gasteiger partial charge in [0.15, 0.2) is 0 Å². The van der Waals surface area contributed by atoms with Crippen LogP contribution in [0.3, 0.4) is 0 Å². The molecule has 1 aromatic carbocycles. The van der Waals surface area contributed by atoms with Gasteiger partial charge in [-0.3, -0.25) is 0 Å². The average Bonchev–Trinajstić information content (AvgIpc) is 2.90. The lowest BCUT2D eigenvalue weighted by molar-refractivity contribution is -0.0668. The van der Waals surface area contributed by atoms with E-state index in [1.54, 1.807) is 0 Å².